The molecule has 0 spiro atoms. The lowest BCUT2D eigenvalue weighted by Crippen LogP contribution is -2.43. The molecular formula is C12H25N. The third-order valence-electron chi connectivity index (χ3n) is 3.39. The van der Waals surface area contributed by atoms with Gasteiger partial charge in [0.2, 0.25) is 0 Å². The molecule has 1 unspecified atom stereocenters. The zero-order chi connectivity index (χ0) is 10.1. The van der Waals surface area contributed by atoms with Crippen LogP contribution in [0.3, 0.4) is 0 Å². The summed E-state index contributed by atoms with van der Waals surface area (Å²) in [6.45, 7) is 12.7. The van der Waals surface area contributed by atoms with Crippen LogP contribution in [0.25, 0.3) is 0 Å². The molecule has 1 heteroatoms. The first-order valence-electron chi connectivity index (χ1n) is 5.62. The Bertz CT molecular complexity index is 164. The van der Waals surface area contributed by atoms with Gasteiger partial charge in [-0.3, -0.25) is 0 Å². The van der Waals surface area contributed by atoms with Crippen molar-refractivity contribution < 1.29 is 0 Å². The first-order valence-corrected chi connectivity index (χ1v) is 5.62. The predicted molar refractivity (Wildman–Crippen MR) is 58.9 cm³/mol. The van der Waals surface area contributed by atoms with E-state index in [2.05, 4.69) is 39.9 Å². The lowest BCUT2D eigenvalue weighted by molar-refractivity contribution is 0.221. The molecule has 0 aromatic rings. The van der Waals surface area contributed by atoms with Crippen LogP contribution in [0.4, 0.5) is 0 Å². The molecule has 0 bridgehead atoms. The summed E-state index contributed by atoms with van der Waals surface area (Å²) in [6.07, 6.45) is 4.22. The van der Waals surface area contributed by atoms with Gasteiger partial charge in [0, 0.05) is 12.1 Å². The summed E-state index contributed by atoms with van der Waals surface area (Å²) < 4.78 is 0. The van der Waals surface area contributed by atoms with Gasteiger partial charge in [-0.25, -0.2) is 0 Å². The summed E-state index contributed by atoms with van der Waals surface area (Å²) >= 11 is 0. The minimum atomic E-state index is 0.269. The second-order valence-electron chi connectivity index (χ2n) is 5.89. The molecule has 1 atom stereocenters. The summed E-state index contributed by atoms with van der Waals surface area (Å²) in [7, 11) is 0. The SMILES string of the molecule is CCC(C)(CNC(C)(C)C)C1CC1. The van der Waals surface area contributed by atoms with Crippen molar-refractivity contribution in [3.63, 3.8) is 0 Å². The largest absolute Gasteiger partial charge is 0.312 e. The lowest BCUT2D eigenvalue weighted by Gasteiger charge is -2.33. The monoisotopic (exact) mass is 183 g/mol. The summed E-state index contributed by atoms with van der Waals surface area (Å²) in [5.74, 6) is 0.993. The highest BCUT2D eigenvalue weighted by Gasteiger charge is 2.40. The smallest absolute Gasteiger partial charge is 0.00967 e. The average Bonchev–Trinajstić information content (AvgIpc) is 2.81. The van der Waals surface area contributed by atoms with E-state index in [0.29, 0.717) is 5.41 Å². The van der Waals surface area contributed by atoms with Crippen LogP contribution in [0.5, 0.6) is 0 Å². The van der Waals surface area contributed by atoms with Crippen molar-refractivity contribution in [3.05, 3.63) is 0 Å². The van der Waals surface area contributed by atoms with Crippen molar-refractivity contribution >= 4 is 0 Å². The fourth-order valence-corrected chi connectivity index (χ4v) is 1.81. The van der Waals surface area contributed by atoms with Crippen LogP contribution < -0.4 is 5.32 Å². The average molecular weight is 183 g/mol. The molecule has 0 aromatic carbocycles. The Hall–Kier alpha value is -0.0400. The van der Waals surface area contributed by atoms with Gasteiger partial charge in [0.25, 0.3) is 0 Å². The molecule has 13 heavy (non-hydrogen) atoms. The Morgan fingerprint density at radius 1 is 1.15 bits per heavy atom. The lowest BCUT2D eigenvalue weighted by atomic mass is 9.81. The van der Waals surface area contributed by atoms with Gasteiger partial charge >= 0.3 is 0 Å². The molecule has 1 nitrogen and oxygen atoms in total. The molecule has 0 heterocycles. The van der Waals surface area contributed by atoms with Crippen molar-refractivity contribution in [2.24, 2.45) is 11.3 Å². The van der Waals surface area contributed by atoms with Crippen LogP contribution in [-0.4, -0.2) is 12.1 Å². The normalized spacial score (nSPS) is 22.8. The fraction of sp³-hybridized carbons (Fsp3) is 1.00. The number of nitrogens with one attached hydrogen (secondary N) is 1. The van der Waals surface area contributed by atoms with Gasteiger partial charge < -0.3 is 5.32 Å². The van der Waals surface area contributed by atoms with Gasteiger partial charge in [0.05, 0.1) is 0 Å². The number of rotatable bonds is 4. The standard InChI is InChI=1S/C12H25N/c1-6-12(5,10-7-8-10)9-13-11(2,3)4/h10,13H,6-9H2,1-5H3. The van der Waals surface area contributed by atoms with E-state index in [1.807, 2.05) is 0 Å². The van der Waals surface area contributed by atoms with Crippen LogP contribution in [0.15, 0.2) is 0 Å². The van der Waals surface area contributed by atoms with Crippen molar-refractivity contribution in [2.75, 3.05) is 6.54 Å². The molecule has 0 aromatic heterocycles. The van der Waals surface area contributed by atoms with Crippen LogP contribution in [0.2, 0.25) is 0 Å². The van der Waals surface area contributed by atoms with Gasteiger partial charge in [-0.2, -0.15) is 0 Å². The van der Waals surface area contributed by atoms with E-state index in [1.165, 1.54) is 25.8 Å². The molecular weight excluding hydrogens is 158 g/mol. The van der Waals surface area contributed by atoms with Crippen LogP contribution in [0.1, 0.15) is 53.9 Å². The van der Waals surface area contributed by atoms with E-state index < -0.39 is 0 Å². The zero-order valence-electron chi connectivity index (χ0n) is 9.91. The van der Waals surface area contributed by atoms with Crippen molar-refractivity contribution in [2.45, 2.75) is 59.4 Å². The number of hydrogen-bond acceptors (Lipinski definition) is 1. The molecule has 1 aliphatic carbocycles. The van der Waals surface area contributed by atoms with E-state index in [-0.39, 0.29) is 5.54 Å². The summed E-state index contributed by atoms with van der Waals surface area (Å²) in [4.78, 5) is 0. The van der Waals surface area contributed by atoms with Gasteiger partial charge in [-0.1, -0.05) is 13.8 Å². The molecule has 1 N–H and O–H groups in total. The first kappa shape index (κ1) is 11.0. The van der Waals surface area contributed by atoms with E-state index in [9.17, 15) is 0 Å². The van der Waals surface area contributed by atoms with Crippen molar-refractivity contribution in [3.8, 4) is 0 Å². The summed E-state index contributed by atoms with van der Waals surface area (Å²) in [5, 5.41) is 3.63. The highest BCUT2D eigenvalue weighted by molar-refractivity contribution is 4.92. The molecule has 1 aliphatic rings. The predicted octanol–water partition coefficient (Wildman–Crippen LogP) is 3.20. The van der Waals surface area contributed by atoms with Gasteiger partial charge in [-0.05, 0) is 51.4 Å². The molecule has 1 saturated carbocycles. The van der Waals surface area contributed by atoms with Crippen molar-refractivity contribution in [1.82, 2.24) is 5.32 Å². The number of hydrogen-bond donors (Lipinski definition) is 1. The Morgan fingerprint density at radius 3 is 2.00 bits per heavy atom. The molecule has 0 aliphatic heterocycles. The van der Waals surface area contributed by atoms with Gasteiger partial charge in [0.1, 0.15) is 0 Å². The molecule has 1 rings (SSSR count). The van der Waals surface area contributed by atoms with Crippen LogP contribution >= 0.6 is 0 Å². The van der Waals surface area contributed by atoms with Crippen LogP contribution in [-0.2, 0) is 0 Å². The zero-order valence-corrected chi connectivity index (χ0v) is 9.91. The Morgan fingerprint density at radius 2 is 1.69 bits per heavy atom. The summed E-state index contributed by atoms with van der Waals surface area (Å²) in [5.41, 5.74) is 0.818. The second-order valence-corrected chi connectivity index (χ2v) is 5.89. The third kappa shape index (κ3) is 3.30. The van der Waals surface area contributed by atoms with Gasteiger partial charge in [0.15, 0.2) is 0 Å². The van der Waals surface area contributed by atoms with Crippen molar-refractivity contribution in [1.29, 1.82) is 0 Å². The molecule has 1 fully saturated rings. The Labute approximate surface area is 83.3 Å². The van der Waals surface area contributed by atoms with E-state index in [1.54, 1.807) is 0 Å². The minimum absolute atomic E-state index is 0.269. The molecule has 78 valence electrons. The maximum atomic E-state index is 3.63. The molecule has 0 radical (unpaired) electrons. The third-order valence-corrected chi connectivity index (χ3v) is 3.39. The first-order chi connectivity index (χ1) is 5.87. The minimum Gasteiger partial charge on any atom is -0.312 e. The summed E-state index contributed by atoms with van der Waals surface area (Å²) in [6, 6.07) is 0. The maximum absolute atomic E-state index is 3.63. The van der Waals surface area contributed by atoms with E-state index in [4.69, 9.17) is 0 Å². The fourth-order valence-electron chi connectivity index (χ4n) is 1.81. The highest BCUT2D eigenvalue weighted by atomic mass is 15.0. The van der Waals surface area contributed by atoms with E-state index >= 15 is 0 Å². The quantitative estimate of drug-likeness (QED) is 0.706. The Balaban J connectivity index is 2.39. The Kier molecular flexibility index (Phi) is 3.06. The topological polar surface area (TPSA) is 12.0 Å². The van der Waals surface area contributed by atoms with Crippen LogP contribution in [0, 0.1) is 11.3 Å². The van der Waals surface area contributed by atoms with E-state index in [0.717, 1.165) is 5.92 Å². The maximum Gasteiger partial charge on any atom is 0.00967 e. The highest BCUT2D eigenvalue weighted by Crippen LogP contribution is 2.47. The second kappa shape index (κ2) is 3.61. The van der Waals surface area contributed by atoms with Gasteiger partial charge in [-0.15, -0.1) is 0 Å². The molecule has 0 amide bonds. The molecule has 0 saturated heterocycles.